The van der Waals surface area contributed by atoms with E-state index in [-0.39, 0.29) is 37.5 Å². The van der Waals surface area contributed by atoms with E-state index in [2.05, 4.69) is 106 Å². The third kappa shape index (κ3) is 56.2. The zero-order valence-corrected chi connectivity index (χ0v) is 46.1. The van der Waals surface area contributed by atoms with Crippen molar-refractivity contribution in [3.63, 3.8) is 0 Å². The predicted molar refractivity (Wildman–Crippen MR) is 311 cm³/mol. The smallest absolute Gasteiger partial charge is 0.306 e. The molecule has 404 valence electrons. The Morgan fingerprint density at radius 2 is 0.611 bits per heavy atom. The Bertz CT molecular complexity index is 1610. The Kier molecular flexibility index (Phi) is 55.0. The zero-order chi connectivity index (χ0) is 52.2. The van der Waals surface area contributed by atoms with Crippen molar-refractivity contribution >= 4 is 17.9 Å². The first-order valence-corrected chi connectivity index (χ1v) is 29.0. The van der Waals surface area contributed by atoms with Gasteiger partial charge in [-0.1, -0.05) is 263 Å². The Labute approximate surface area is 442 Å². The molecular formula is C66H104O6. The first-order chi connectivity index (χ1) is 35.5. The maximum atomic E-state index is 12.9. The third-order valence-corrected chi connectivity index (χ3v) is 11.8. The van der Waals surface area contributed by atoms with Crippen LogP contribution in [0.4, 0.5) is 0 Å². The number of ether oxygens (including phenoxy) is 3. The first kappa shape index (κ1) is 67.3. The van der Waals surface area contributed by atoms with E-state index in [0.717, 1.165) is 122 Å². The van der Waals surface area contributed by atoms with Gasteiger partial charge in [-0.3, -0.25) is 14.4 Å². The highest BCUT2D eigenvalue weighted by Gasteiger charge is 2.19. The lowest BCUT2D eigenvalue weighted by molar-refractivity contribution is -0.167. The molecule has 0 aliphatic rings. The van der Waals surface area contributed by atoms with Crippen molar-refractivity contribution in [1.29, 1.82) is 0 Å². The van der Waals surface area contributed by atoms with E-state index in [0.29, 0.717) is 12.8 Å². The van der Waals surface area contributed by atoms with Gasteiger partial charge >= 0.3 is 17.9 Å². The first-order valence-electron chi connectivity index (χ1n) is 29.0. The van der Waals surface area contributed by atoms with Gasteiger partial charge < -0.3 is 14.2 Å². The van der Waals surface area contributed by atoms with Gasteiger partial charge in [0.2, 0.25) is 0 Å². The standard InChI is InChI=1S/C66H104O6/c1-4-7-10-13-16-19-22-25-28-31-33-36-38-41-44-47-50-53-56-59-65(68)71-62-63(61-70-64(67)58-55-52-49-46-43-40-37-34-30-27-24-21-18-15-12-9-6-3)72-66(69)60-57-54-51-48-45-42-39-35-32-29-26-23-20-17-14-11-8-5-2/h7,9-10,12,15-16,18-19,21,23-30,32,34-35,37,39-40,43,63H,4-6,8,11,13-14,17,20,22,31,33,36,38,41-42,44-62H2,1-3H3/b10-7-,12-9-,18-15-,19-16-,24-21-,26-23-,28-25-,30-27-,32-29-,37-34+,39-35-,43-40-. The average Bonchev–Trinajstić information content (AvgIpc) is 3.38. The van der Waals surface area contributed by atoms with Gasteiger partial charge in [0.15, 0.2) is 6.10 Å². The zero-order valence-electron chi connectivity index (χ0n) is 46.1. The summed E-state index contributed by atoms with van der Waals surface area (Å²) in [5, 5.41) is 0. The molecule has 0 aromatic carbocycles. The van der Waals surface area contributed by atoms with Crippen molar-refractivity contribution in [2.24, 2.45) is 0 Å². The molecule has 6 heteroatoms. The largest absolute Gasteiger partial charge is 0.462 e. The summed E-state index contributed by atoms with van der Waals surface area (Å²) in [5.41, 5.74) is 0. The predicted octanol–water partition coefficient (Wildman–Crippen LogP) is 19.6. The molecule has 6 nitrogen and oxygen atoms in total. The lowest BCUT2D eigenvalue weighted by Gasteiger charge is -2.18. The van der Waals surface area contributed by atoms with Crippen molar-refractivity contribution in [1.82, 2.24) is 0 Å². The van der Waals surface area contributed by atoms with E-state index in [4.69, 9.17) is 14.2 Å². The van der Waals surface area contributed by atoms with Crippen LogP contribution in [0.3, 0.4) is 0 Å². The van der Waals surface area contributed by atoms with Gasteiger partial charge in [-0.05, 0) is 96.3 Å². The molecule has 0 bridgehead atoms. The van der Waals surface area contributed by atoms with Crippen LogP contribution in [0.2, 0.25) is 0 Å². The summed E-state index contributed by atoms with van der Waals surface area (Å²) >= 11 is 0. The Morgan fingerprint density at radius 1 is 0.306 bits per heavy atom. The van der Waals surface area contributed by atoms with E-state index in [9.17, 15) is 14.4 Å². The molecule has 0 heterocycles. The number of allylic oxidation sites excluding steroid dienone is 24. The summed E-state index contributed by atoms with van der Waals surface area (Å²) in [6.45, 7) is 6.30. The minimum atomic E-state index is -0.817. The molecule has 0 amide bonds. The van der Waals surface area contributed by atoms with Gasteiger partial charge in [-0.2, -0.15) is 0 Å². The van der Waals surface area contributed by atoms with Gasteiger partial charge in [0, 0.05) is 19.3 Å². The normalized spacial score (nSPS) is 13.2. The van der Waals surface area contributed by atoms with Crippen molar-refractivity contribution in [2.45, 2.75) is 239 Å². The van der Waals surface area contributed by atoms with Gasteiger partial charge in [0.25, 0.3) is 0 Å². The van der Waals surface area contributed by atoms with Crippen molar-refractivity contribution < 1.29 is 28.6 Å². The Hall–Kier alpha value is -4.71. The van der Waals surface area contributed by atoms with Crippen molar-refractivity contribution in [2.75, 3.05) is 13.2 Å². The SMILES string of the molecule is CC\C=C/C=C\C=C/C=C\C=C\C=C/CCCCCC(=O)OCC(COC(=O)CCCCCCCCCCC/C=C\C/C=C\C/C=C\CC)OC(=O)CCCCCCC\C=C/C=C\C=C/CCCCCCC. The molecule has 1 atom stereocenters. The van der Waals surface area contributed by atoms with E-state index in [1.54, 1.807) is 0 Å². The Balaban J connectivity index is 4.54. The van der Waals surface area contributed by atoms with Crippen LogP contribution in [0, 0.1) is 0 Å². The van der Waals surface area contributed by atoms with Crippen molar-refractivity contribution in [3.05, 3.63) is 146 Å². The second-order valence-corrected chi connectivity index (χ2v) is 18.6. The van der Waals surface area contributed by atoms with Crippen LogP contribution < -0.4 is 0 Å². The summed E-state index contributed by atoms with van der Waals surface area (Å²) in [6.07, 6.45) is 84.0. The fourth-order valence-corrected chi connectivity index (χ4v) is 7.49. The van der Waals surface area contributed by atoms with Crippen LogP contribution in [0.25, 0.3) is 0 Å². The summed E-state index contributed by atoms with van der Waals surface area (Å²) in [4.78, 5) is 38.2. The third-order valence-electron chi connectivity index (χ3n) is 11.8. The van der Waals surface area contributed by atoms with Crippen LogP contribution in [-0.2, 0) is 28.6 Å². The van der Waals surface area contributed by atoms with Crippen LogP contribution in [0.15, 0.2) is 146 Å². The van der Waals surface area contributed by atoms with Gasteiger partial charge in [0.1, 0.15) is 13.2 Å². The second-order valence-electron chi connectivity index (χ2n) is 18.6. The monoisotopic (exact) mass is 993 g/mol. The van der Waals surface area contributed by atoms with Crippen LogP contribution in [0.1, 0.15) is 233 Å². The molecule has 72 heavy (non-hydrogen) atoms. The quantitative estimate of drug-likeness (QED) is 0.0199. The van der Waals surface area contributed by atoms with E-state index < -0.39 is 6.10 Å². The fraction of sp³-hybridized carbons (Fsp3) is 0.591. The highest BCUT2D eigenvalue weighted by Crippen LogP contribution is 2.14. The number of hydrogen-bond acceptors (Lipinski definition) is 6. The number of carbonyl (C=O) groups excluding carboxylic acids is 3. The van der Waals surface area contributed by atoms with Crippen LogP contribution in [0.5, 0.6) is 0 Å². The van der Waals surface area contributed by atoms with E-state index in [1.165, 1.54) is 70.6 Å². The summed E-state index contributed by atoms with van der Waals surface area (Å²) in [6, 6.07) is 0. The van der Waals surface area contributed by atoms with Crippen LogP contribution >= 0.6 is 0 Å². The lowest BCUT2D eigenvalue weighted by atomic mass is 10.1. The molecule has 0 aliphatic heterocycles. The van der Waals surface area contributed by atoms with Crippen LogP contribution in [-0.4, -0.2) is 37.2 Å². The molecule has 0 N–H and O–H groups in total. The molecule has 0 rings (SSSR count). The molecule has 0 aromatic rings. The number of esters is 3. The second kappa shape index (κ2) is 58.9. The molecular weight excluding hydrogens is 889 g/mol. The highest BCUT2D eigenvalue weighted by atomic mass is 16.6. The maximum Gasteiger partial charge on any atom is 0.306 e. The van der Waals surface area contributed by atoms with E-state index in [1.807, 2.05) is 60.8 Å². The number of unbranched alkanes of at least 4 members (excludes halogenated alkanes) is 22. The molecule has 0 saturated heterocycles. The highest BCUT2D eigenvalue weighted by molar-refractivity contribution is 5.71. The minimum absolute atomic E-state index is 0.110. The average molecular weight is 994 g/mol. The molecule has 0 spiro atoms. The molecule has 0 aromatic heterocycles. The topological polar surface area (TPSA) is 78.9 Å². The number of rotatable bonds is 50. The number of carbonyl (C=O) groups is 3. The fourth-order valence-electron chi connectivity index (χ4n) is 7.49. The maximum absolute atomic E-state index is 12.9. The number of hydrogen-bond donors (Lipinski definition) is 0. The molecule has 0 fully saturated rings. The summed E-state index contributed by atoms with van der Waals surface area (Å²) in [5.74, 6) is -0.985. The molecule has 0 aliphatic carbocycles. The lowest BCUT2D eigenvalue weighted by Crippen LogP contribution is -2.30. The molecule has 1 unspecified atom stereocenters. The summed E-state index contributed by atoms with van der Waals surface area (Å²) < 4.78 is 16.8. The minimum Gasteiger partial charge on any atom is -0.462 e. The molecule has 0 saturated carbocycles. The van der Waals surface area contributed by atoms with Crippen molar-refractivity contribution in [3.8, 4) is 0 Å². The van der Waals surface area contributed by atoms with Gasteiger partial charge in [-0.15, -0.1) is 0 Å². The van der Waals surface area contributed by atoms with Gasteiger partial charge in [0.05, 0.1) is 0 Å². The van der Waals surface area contributed by atoms with Gasteiger partial charge in [-0.25, -0.2) is 0 Å². The Morgan fingerprint density at radius 3 is 1.03 bits per heavy atom. The van der Waals surface area contributed by atoms with E-state index >= 15 is 0 Å². The summed E-state index contributed by atoms with van der Waals surface area (Å²) in [7, 11) is 0. The molecule has 0 radical (unpaired) electrons.